The summed E-state index contributed by atoms with van der Waals surface area (Å²) in [5, 5.41) is 3.42. The van der Waals surface area contributed by atoms with E-state index in [1.54, 1.807) is 6.20 Å². The number of hydrogen-bond acceptors (Lipinski definition) is 6. The predicted octanol–water partition coefficient (Wildman–Crippen LogP) is 0.109. The van der Waals surface area contributed by atoms with Crippen LogP contribution in [0.15, 0.2) is 23.1 Å². The smallest absolute Gasteiger partial charge is 0.279 e. The van der Waals surface area contributed by atoms with E-state index < -0.39 is 0 Å². The van der Waals surface area contributed by atoms with Crippen LogP contribution in [0.25, 0.3) is 11.6 Å². The Morgan fingerprint density at radius 3 is 2.83 bits per heavy atom. The maximum atomic E-state index is 5.25. The van der Waals surface area contributed by atoms with Gasteiger partial charge < -0.3 is 10.3 Å². The molecular formula is C6H5N5O. The van der Waals surface area contributed by atoms with Crippen LogP contribution in [-0.2, 0) is 0 Å². The molecule has 0 amide bonds. The average molecular weight is 163 g/mol. The SMILES string of the molecule is Nc1noc(-c2cnccn2)n1. The standard InChI is InChI=1S/C6H5N5O/c7-6-10-5(12-11-6)4-3-8-1-2-9-4/h1-3H,(H2,7,11). The first-order valence-corrected chi connectivity index (χ1v) is 3.22. The summed E-state index contributed by atoms with van der Waals surface area (Å²) in [6, 6.07) is 0. The summed E-state index contributed by atoms with van der Waals surface area (Å²) < 4.78 is 4.76. The minimum Gasteiger partial charge on any atom is -0.365 e. The fourth-order valence-corrected chi connectivity index (χ4v) is 0.748. The Kier molecular flexibility index (Phi) is 1.44. The second kappa shape index (κ2) is 2.57. The highest BCUT2D eigenvalue weighted by Crippen LogP contribution is 2.11. The molecule has 2 rings (SSSR count). The molecule has 0 aliphatic rings. The molecule has 0 aromatic carbocycles. The second-order valence-corrected chi connectivity index (χ2v) is 2.05. The van der Waals surface area contributed by atoms with Gasteiger partial charge in [-0.1, -0.05) is 0 Å². The molecule has 0 bridgehead atoms. The van der Waals surface area contributed by atoms with Crippen molar-refractivity contribution in [3.8, 4) is 11.6 Å². The lowest BCUT2D eigenvalue weighted by Crippen LogP contribution is -1.87. The van der Waals surface area contributed by atoms with Gasteiger partial charge in [0.2, 0.25) is 0 Å². The Labute approximate surface area is 67.5 Å². The minimum atomic E-state index is 0.0932. The largest absolute Gasteiger partial charge is 0.365 e. The topological polar surface area (TPSA) is 90.7 Å². The van der Waals surface area contributed by atoms with Crippen molar-refractivity contribution in [2.75, 3.05) is 5.73 Å². The van der Waals surface area contributed by atoms with Crippen LogP contribution in [0, 0.1) is 0 Å². The summed E-state index contributed by atoms with van der Waals surface area (Å²) in [6.07, 6.45) is 4.62. The summed E-state index contributed by atoms with van der Waals surface area (Å²) in [4.78, 5) is 11.6. The van der Waals surface area contributed by atoms with E-state index in [-0.39, 0.29) is 11.8 Å². The van der Waals surface area contributed by atoms with Crippen LogP contribution in [0.4, 0.5) is 5.95 Å². The van der Waals surface area contributed by atoms with Crippen molar-refractivity contribution in [2.24, 2.45) is 0 Å². The lowest BCUT2D eigenvalue weighted by molar-refractivity contribution is 0.431. The first-order chi connectivity index (χ1) is 5.86. The molecule has 2 aromatic rings. The zero-order valence-corrected chi connectivity index (χ0v) is 6.01. The summed E-state index contributed by atoms with van der Waals surface area (Å²) in [6.45, 7) is 0. The van der Waals surface area contributed by atoms with Crippen molar-refractivity contribution in [1.29, 1.82) is 0 Å². The Bertz CT molecular complexity index is 370. The zero-order chi connectivity index (χ0) is 8.39. The highest BCUT2D eigenvalue weighted by atomic mass is 16.5. The van der Waals surface area contributed by atoms with Crippen LogP contribution < -0.4 is 5.73 Å². The van der Waals surface area contributed by atoms with Crippen molar-refractivity contribution >= 4 is 5.95 Å². The van der Waals surface area contributed by atoms with Gasteiger partial charge in [0.1, 0.15) is 5.69 Å². The Hall–Kier alpha value is -1.98. The highest BCUT2D eigenvalue weighted by molar-refractivity contribution is 5.45. The Balaban J connectivity index is 2.45. The number of nitrogens with two attached hydrogens (primary N) is 1. The fourth-order valence-electron chi connectivity index (χ4n) is 0.748. The van der Waals surface area contributed by atoms with Gasteiger partial charge in [-0.3, -0.25) is 4.98 Å². The summed E-state index contributed by atoms with van der Waals surface area (Å²) in [5.41, 5.74) is 5.77. The van der Waals surface area contributed by atoms with Crippen molar-refractivity contribution in [3.63, 3.8) is 0 Å². The zero-order valence-electron chi connectivity index (χ0n) is 6.01. The van der Waals surface area contributed by atoms with Crippen molar-refractivity contribution in [1.82, 2.24) is 20.1 Å². The van der Waals surface area contributed by atoms with Gasteiger partial charge in [-0.05, 0) is 5.16 Å². The van der Waals surface area contributed by atoms with Gasteiger partial charge in [-0.25, -0.2) is 4.98 Å². The van der Waals surface area contributed by atoms with Gasteiger partial charge in [0, 0.05) is 12.4 Å². The average Bonchev–Trinajstić information content (AvgIpc) is 2.54. The molecule has 60 valence electrons. The van der Waals surface area contributed by atoms with Crippen LogP contribution in [-0.4, -0.2) is 20.1 Å². The molecule has 2 N–H and O–H groups in total. The molecule has 0 spiro atoms. The molecule has 2 heterocycles. The lowest BCUT2D eigenvalue weighted by Gasteiger charge is -1.87. The van der Waals surface area contributed by atoms with Gasteiger partial charge in [0.15, 0.2) is 0 Å². The molecule has 2 aromatic heterocycles. The number of aromatic nitrogens is 4. The Morgan fingerprint density at radius 2 is 2.25 bits per heavy atom. The first-order valence-electron chi connectivity index (χ1n) is 3.22. The molecular weight excluding hydrogens is 158 g/mol. The molecule has 0 radical (unpaired) electrons. The van der Waals surface area contributed by atoms with E-state index in [0.29, 0.717) is 5.69 Å². The Morgan fingerprint density at radius 1 is 1.33 bits per heavy atom. The van der Waals surface area contributed by atoms with Crippen molar-refractivity contribution < 1.29 is 4.52 Å². The molecule has 0 saturated heterocycles. The number of hydrogen-bond donors (Lipinski definition) is 1. The molecule has 6 heteroatoms. The predicted molar refractivity (Wildman–Crippen MR) is 39.7 cm³/mol. The van der Waals surface area contributed by atoms with Crippen molar-refractivity contribution in [2.45, 2.75) is 0 Å². The normalized spacial score (nSPS) is 10.0. The number of nitrogens with zero attached hydrogens (tertiary/aromatic N) is 4. The molecule has 6 nitrogen and oxygen atoms in total. The molecule has 0 unspecified atom stereocenters. The van der Waals surface area contributed by atoms with E-state index in [4.69, 9.17) is 10.3 Å². The second-order valence-electron chi connectivity index (χ2n) is 2.05. The molecule has 0 aliphatic heterocycles. The third-order valence-corrected chi connectivity index (χ3v) is 1.22. The number of rotatable bonds is 1. The van der Waals surface area contributed by atoms with Gasteiger partial charge in [-0.2, -0.15) is 4.98 Å². The maximum absolute atomic E-state index is 5.25. The molecule has 12 heavy (non-hydrogen) atoms. The van der Waals surface area contributed by atoms with Crippen LogP contribution in [0.1, 0.15) is 0 Å². The van der Waals surface area contributed by atoms with Crippen LogP contribution in [0.2, 0.25) is 0 Å². The molecule has 0 atom stereocenters. The van der Waals surface area contributed by atoms with E-state index in [2.05, 4.69) is 20.1 Å². The number of anilines is 1. The van der Waals surface area contributed by atoms with E-state index in [1.807, 2.05) is 0 Å². The van der Waals surface area contributed by atoms with Gasteiger partial charge in [0.25, 0.3) is 11.8 Å². The van der Waals surface area contributed by atoms with E-state index in [1.165, 1.54) is 12.4 Å². The monoisotopic (exact) mass is 163 g/mol. The minimum absolute atomic E-state index is 0.0932. The van der Waals surface area contributed by atoms with Crippen molar-refractivity contribution in [3.05, 3.63) is 18.6 Å². The van der Waals surface area contributed by atoms with Crippen LogP contribution in [0.5, 0.6) is 0 Å². The third kappa shape index (κ3) is 1.09. The molecule has 0 saturated carbocycles. The fraction of sp³-hybridized carbons (Fsp3) is 0. The number of nitrogen functional groups attached to an aromatic ring is 1. The van der Waals surface area contributed by atoms with Gasteiger partial charge in [0.05, 0.1) is 6.20 Å². The highest BCUT2D eigenvalue weighted by Gasteiger charge is 2.06. The maximum Gasteiger partial charge on any atom is 0.279 e. The van der Waals surface area contributed by atoms with E-state index in [9.17, 15) is 0 Å². The third-order valence-electron chi connectivity index (χ3n) is 1.22. The summed E-state index contributed by atoms with van der Waals surface area (Å²) in [5.74, 6) is 0.372. The quantitative estimate of drug-likeness (QED) is 0.641. The van der Waals surface area contributed by atoms with Crippen LogP contribution in [0.3, 0.4) is 0 Å². The van der Waals surface area contributed by atoms with Gasteiger partial charge >= 0.3 is 0 Å². The molecule has 0 aliphatic carbocycles. The van der Waals surface area contributed by atoms with E-state index >= 15 is 0 Å². The summed E-state index contributed by atoms with van der Waals surface area (Å²) in [7, 11) is 0. The summed E-state index contributed by atoms with van der Waals surface area (Å²) >= 11 is 0. The molecule has 0 fully saturated rings. The lowest BCUT2D eigenvalue weighted by atomic mass is 10.4. The van der Waals surface area contributed by atoms with Gasteiger partial charge in [-0.15, -0.1) is 0 Å². The first kappa shape index (κ1) is 6.71. The van der Waals surface area contributed by atoms with Crippen LogP contribution >= 0.6 is 0 Å². The van der Waals surface area contributed by atoms with E-state index in [0.717, 1.165) is 0 Å².